The molecule has 0 N–H and O–H groups in total. The Hall–Kier alpha value is -2.67. The predicted molar refractivity (Wildman–Crippen MR) is 108 cm³/mol. The van der Waals surface area contributed by atoms with Crippen LogP contribution in [0.1, 0.15) is 61.6 Å². The van der Waals surface area contributed by atoms with Gasteiger partial charge < -0.3 is 14.0 Å². The number of amides is 1. The van der Waals surface area contributed by atoms with Crippen molar-refractivity contribution in [1.82, 2.24) is 9.47 Å². The summed E-state index contributed by atoms with van der Waals surface area (Å²) >= 11 is 0. The lowest BCUT2D eigenvalue weighted by atomic mass is 10.0. The number of ether oxygens (including phenoxy) is 2. The minimum absolute atomic E-state index is 0.175. The van der Waals surface area contributed by atoms with Crippen molar-refractivity contribution in [3.05, 3.63) is 45.7 Å². The molecule has 1 unspecified atom stereocenters. The summed E-state index contributed by atoms with van der Waals surface area (Å²) < 4.78 is 13.2. The monoisotopic (exact) mass is 398 g/mol. The number of hydrogen-bond donors (Lipinski definition) is 0. The number of pyridine rings is 1. The van der Waals surface area contributed by atoms with Crippen molar-refractivity contribution in [2.75, 3.05) is 19.8 Å². The van der Waals surface area contributed by atoms with Crippen LogP contribution in [0.25, 0.3) is 10.9 Å². The number of aldehydes is 1. The van der Waals surface area contributed by atoms with E-state index in [1.807, 2.05) is 37.5 Å². The highest BCUT2D eigenvalue weighted by atomic mass is 16.6. The molecule has 2 aliphatic rings. The van der Waals surface area contributed by atoms with Gasteiger partial charge in [-0.2, -0.15) is 0 Å². The first-order valence-corrected chi connectivity index (χ1v) is 10.00. The van der Waals surface area contributed by atoms with Gasteiger partial charge in [-0.05, 0) is 51.3 Å². The second-order valence-electron chi connectivity index (χ2n) is 8.71. The van der Waals surface area contributed by atoms with Gasteiger partial charge in [0.1, 0.15) is 5.60 Å². The third-order valence-electron chi connectivity index (χ3n) is 5.29. The Kier molecular flexibility index (Phi) is 4.94. The molecule has 1 amide bonds. The van der Waals surface area contributed by atoms with Gasteiger partial charge in [0.15, 0.2) is 11.7 Å². The molecule has 2 heterocycles. The van der Waals surface area contributed by atoms with Crippen LogP contribution in [0.2, 0.25) is 0 Å². The first-order chi connectivity index (χ1) is 13.8. The molecule has 1 aromatic carbocycles. The molecule has 1 aromatic heterocycles. The summed E-state index contributed by atoms with van der Waals surface area (Å²) in [5, 5.41) is 0.519. The second-order valence-corrected chi connectivity index (χ2v) is 8.71. The van der Waals surface area contributed by atoms with Gasteiger partial charge in [-0.3, -0.25) is 14.5 Å². The molecular formula is C22H26N2O5. The summed E-state index contributed by atoms with van der Waals surface area (Å²) in [6.07, 6.45) is 3.95. The summed E-state index contributed by atoms with van der Waals surface area (Å²) in [5.41, 5.74) is 1.00. The van der Waals surface area contributed by atoms with Crippen molar-refractivity contribution in [3.63, 3.8) is 0 Å². The molecule has 0 radical (unpaired) electrons. The molecule has 2 fully saturated rings. The summed E-state index contributed by atoms with van der Waals surface area (Å²) in [6, 6.07) is 5.54. The van der Waals surface area contributed by atoms with Crippen LogP contribution in [0.4, 0.5) is 4.79 Å². The molecule has 0 spiro atoms. The molecule has 29 heavy (non-hydrogen) atoms. The first kappa shape index (κ1) is 19.6. The molecule has 154 valence electrons. The number of nitrogens with zero attached hydrogens (tertiary/aromatic N) is 2. The molecule has 7 heteroatoms. The Morgan fingerprint density at radius 2 is 2.03 bits per heavy atom. The number of carbonyl (C=O) groups excluding carboxylic acids is 2. The minimum atomic E-state index is -0.582. The number of hydrogen-bond acceptors (Lipinski definition) is 5. The zero-order valence-electron chi connectivity index (χ0n) is 17.0. The highest BCUT2D eigenvalue weighted by Gasteiger charge is 2.33. The molecule has 1 saturated carbocycles. The van der Waals surface area contributed by atoms with Gasteiger partial charge in [0.2, 0.25) is 0 Å². The lowest BCUT2D eigenvalue weighted by Gasteiger charge is -2.37. The fraction of sp³-hybridized carbons (Fsp3) is 0.500. The van der Waals surface area contributed by atoms with Crippen LogP contribution in [0.3, 0.4) is 0 Å². The molecule has 1 aliphatic carbocycles. The van der Waals surface area contributed by atoms with Gasteiger partial charge in [-0.25, -0.2) is 4.79 Å². The van der Waals surface area contributed by atoms with E-state index in [9.17, 15) is 14.4 Å². The Morgan fingerprint density at radius 3 is 2.69 bits per heavy atom. The Labute approximate surface area is 169 Å². The number of rotatable bonds is 3. The van der Waals surface area contributed by atoms with Gasteiger partial charge in [-0.15, -0.1) is 0 Å². The molecule has 1 aliphatic heterocycles. The van der Waals surface area contributed by atoms with Crippen molar-refractivity contribution in [2.24, 2.45) is 0 Å². The number of morpholine rings is 1. The third-order valence-corrected chi connectivity index (χ3v) is 5.29. The largest absolute Gasteiger partial charge is 0.444 e. The van der Waals surface area contributed by atoms with Gasteiger partial charge in [0.05, 0.1) is 30.3 Å². The van der Waals surface area contributed by atoms with Crippen LogP contribution < -0.4 is 5.43 Å². The maximum absolute atomic E-state index is 12.7. The van der Waals surface area contributed by atoms with Crippen LogP contribution >= 0.6 is 0 Å². The van der Waals surface area contributed by atoms with Gasteiger partial charge in [0.25, 0.3) is 0 Å². The van der Waals surface area contributed by atoms with E-state index in [1.54, 1.807) is 17.2 Å². The Bertz CT molecular complexity index is 1020. The summed E-state index contributed by atoms with van der Waals surface area (Å²) in [5.74, 6) is 0. The molecule has 2 aromatic rings. The maximum atomic E-state index is 12.7. The Balaban J connectivity index is 1.76. The molecular weight excluding hydrogens is 372 g/mol. The van der Waals surface area contributed by atoms with E-state index in [0.29, 0.717) is 37.5 Å². The van der Waals surface area contributed by atoms with Crippen LogP contribution in [-0.4, -0.2) is 47.2 Å². The molecule has 0 bridgehead atoms. The van der Waals surface area contributed by atoms with Crippen molar-refractivity contribution in [2.45, 2.75) is 51.3 Å². The summed E-state index contributed by atoms with van der Waals surface area (Å²) in [7, 11) is 0. The molecule has 7 nitrogen and oxygen atoms in total. The average molecular weight is 398 g/mol. The van der Waals surface area contributed by atoms with E-state index in [-0.39, 0.29) is 23.1 Å². The second kappa shape index (κ2) is 7.30. The van der Waals surface area contributed by atoms with E-state index in [4.69, 9.17) is 9.47 Å². The fourth-order valence-corrected chi connectivity index (χ4v) is 3.75. The van der Waals surface area contributed by atoms with E-state index in [2.05, 4.69) is 0 Å². The summed E-state index contributed by atoms with van der Waals surface area (Å²) in [4.78, 5) is 38.4. The topological polar surface area (TPSA) is 77.8 Å². The van der Waals surface area contributed by atoms with Crippen molar-refractivity contribution < 1.29 is 19.1 Å². The van der Waals surface area contributed by atoms with Gasteiger partial charge in [0, 0.05) is 24.2 Å². The van der Waals surface area contributed by atoms with Crippen molar-refractivity contribution >= 4 is 23.3 Å². The third kappa shape index (κ3) is 3.92. The fourth-order valence-electron chi connectivity index (χ4n) is 3.75. The van der Waals surface area contributed by atoms with Crippen LogP contribution in [-0.2, 0) is 9.47 Å². The van der Waals surface area contributed by atoms with Crippen molar-refractivity contribution in [3.8, 4) is 0 Å². The summed E-state index contributed by atoms with van der Waals surface area (Å²) in [6.45, 7) is 6.79. The van der Waals surface area contributed by atoms with E-state index in [1.165, 1.54) is 0 Å². The smallest absolute Gasteiger partial charge is 0.410 e. The normalized spacial score (nSPS) is 20.0. The maximum Gasteiger partial charge on any atom is 0.410 e. The van der Waals surface area contributed by atoms with Gasteiger partial charge >= 0.3 is 6.09 Å². The van der Waals surface area contributed by atoms with Gasteiger partial charge in [-0.1, -0.05) is 6.07 Å². The Morgan fingerprint density at radius 1 is 1.28 bits per heavy atom. The number of carbonyl (C=O) groups is 2. The first-order valence-electron chi connectivity index (χ1n) is 10.00. The zero-order chi connectivity index (χ0) is 20.8. The molecule has 4 rings (SSSR count). The standard InChI is InChI=1S/C22H26N2O5/c1-22(2,3)29-21(27)23-8-9-28-13-19(23)14-4-7-17-18(10-14)24(16-5-6-16)11-15(12-25)20(17)26/h4,7,10-12,16,19H,5-6,8-9,13H2,1-3H3. The van der Waals surface area contributed by atoms with E-state index >= 15 is 0 Å². The minimum Gasteiger partial charge on any atom is -0.444 e. The van der Waals surface area contributed by atoms with E-state index < -0.39 is 5.60 Å². The van der Waals surface area contributed by atoms with Crippen molar-refractivity contribution in [1.29, 1.82) is 0 Å². The van der Waals surface area contributed by atoms with Crippen LogP contribution in [0.15, 0.2) is 29.2 Å². The van der Waals surface area contributed by atoms with Crippen LogP contribution in [0.5, 0.6) is 0 Å². The number of benzene rings is 1. The zero-order valence-corrected chi connectivity index (χ0v) is 17.0. The molecule has 1 saturated heterocycles. The molecule has 1 atom stereocenters. The lowest BCUT2D eigenvalue weighted by Crippen LogP contribution is -2.45. The highest BCUT2D eigenvalue weighted by molar-refractivity contribution is 5.87. The number of fused-ring (bicyclic) bond motifs is 1. The highest BCUT2D eigenvalue weighted by Crippen LogP contribution is 2.37. The number of aromatic nitrogens is 1. The van der Waals surface area contributed by atoms with E-state index in [0.717, 1.165) is 23.9 Å². The average Bonchev–Trinajstić information content (AvgIpc) is 3.52. The quantitative estimate of drug-likeness (QED) is 0.740. The SMILES string of the molecule is CC(C)(C)OC(=O)N1CCOCC1c1ccc2c(=O)c(C=O)cn(C3CC3)c2c1. The predicted octanol–water partition coefficient (Wildman–Crippen LogP) is 3.46. The lowest BCUT2D eigenvalue weighted by molar-refractivity contribution is -0.0330. The van der Waals surface area contributed by atoms with Crippen LogP contribution in [0, 0.1) is 0 Å².